The molecule has 2 aliphatic rings. The fourth-order valence-electron chi connectivity index (χ4n) is 3.54. The van der Waals surface area contributed by atoms with Crippen molar-refractivity contribution in [3.05, 3.63) is 23.7 Å². The molecule has 4 heteroatoms. The third kappa shape index (κ3) is 2.86. The van der Waals surface area contributed by atoms with Crippen molar-refractivity contribution in [2.24, 2.45) is 0 Å². The molecule has 0 aromatic carbocycles. The van der Waals surface area contributed by atoms with Crippen molar-refractivity contribution in [2.45, 2.75) is 44.2 Å². The average molecular weight is 264 g/mol. The Balaban J connectivity index is 1.73. The van der Waals surface area contributed by atoms with Crippen molar-refractivity contribution in [1.29, 1.82) is 0 Å². The van der Waals surface area contributed by atoms with Crippen molar-refractivity contribution in [1.82, 2.24) is 10.2 Å². The van der Waals surface area contributed by atoms with Gasteiger partial charge in [-0.15, -0.1) is 0 Å². The van der Waals surface area contributed by atoms with Crippen molar-refractivity contribution in [3.63, 3.8) is 0 Å². The molecule has 19 heavy (non-hydrogen) atoms. The maximum atomic E-state index is 9.35. The van der Waals surface area contributed by atoms with Crippen molar-refractivity contribution < 1.29 is 9.52 Å². The zero-order valence-electron chi connectivity index (χ0n) is 11.5. The van der Waals surface area contributed by atoms with Crippen LogP contribution in [0.2, 0.25) is 0 Å². The van der Waals surface area contributed by atoms with E-state index in [-0.39, 0.29) is 6.61 Å². The summed E-state index contributed by atoms with van der Waals surface area (Å²) in [5.74, 6) is 1.15. The predicted octanol–water partition coefficient (Wildman–Crippen LogP) is 1.70. The molecule has 2 heterocycles. The summed E-state index contributed by atoms with van der Waals surface area (Å²) >= 11 is 0. The van der Waals surface area contributed by atoms with E-state index in [0.29, 0.717) is 12.1 Å². The van der Waals surface area contributed by atoms with Gasteiger partial charge >= 0.3 is 0 Å². The first-order valence-corrected chi connectivity index (χ1v) is 7.53. The number of aliphatic hydroxyl groups is 1. The Labute approximate surface area is 114 Å². The molecule has 4 nitrogen and oxygen atoms in total. The van der Waals surface area contributed by atoms with E-state index in [1.165, 1.54) is 31.2 Å². The molecule has 0 saturated carbocycles. The third-order valence-corrected chi connectivity index (χ3v) is 4.47. The van der Waals surface area contributed by atoms with Crippen LogP contribution in [-0.2, 0) is 6.42 Å². The maximum absolute atomic E-state index is 9.35. The number of nitrogens with zero attached hydrogens (tertiary/aromatic N) is 1. The Kier molecular flexibility index (Phi) is 4.21. The van der Waals surface area contributed by atoms with Gasteiger partial charge in [0.05, 0.1) is 12.9 Å². The second-order valence-corrected chi connectivity index (χ2v) is 5.72. The van der Waals surface area contributed by atoms with Gasteiger partial charge in [0.25, 0.3) is 0 Å². The minimum atomic E-state index is 0.233. The first-order chi connectivity index (χ1) is 9.38. The monoisotopic (exact) mass is 264 g/mol. The smallest absolute Gasteiger partial charge is 0.108 e. The summed E-state index contributed by atoms with van der Waals surface area (Å²) in [6, 6.07) is 3.13. The molecule has 1 fully saturated rings. The molecule has 1 saturated heterocycles. The van der Waals surface area contributed by atoms with Crippen LogP contribution in [0.1, 0.15) is 43.0 Å². The van der Waals surface area contributed by atoms with E-state index in [1.54, 1.807) is 0 Å². The highest BCUT2D eigenvalue weighted by Gasteiger charge is 2.29. The summed E-state index contributed by atoms with van der Waals surface area (Å²) in [5.41, 5.74) is 1.35. The largest absolute Gasteiger partial charge is 0.469 e. The van der Waals surface area contributed by atoms with Crippen LogP contribution >= 0.6 is 0 Å². The van der Waals surface area contributed by atoms with Gasteiger partial charge in [0.1, 0.15) is 5.76 Å². The SMILES string of the molecule is OCCN(CC1CCCN1)C1CCCc2occc21. The Hall–Kier alpha value is -0.840. The number of fused-ring (bicyclic) bond motifs is 1. The lowest BCUT2D eigenvalue weighted by atomic mass is 9.91. The van der Waals surface area contributed by atoms with Gasteiger partial charge in [-0.3, -0.25) is 4.90 Å². The normalized spacial score (nSPS) is 26.8. The van der Waals surface area contributed by atoms with Crippen LogP contribution < -0.4 is 5.32 Å². The van der Waals surface area contributed by atoms with E-state index in [4.69, 9.17) is 4.42 Å². The molecular weight excluding hydrogens is 240 g/mol. The zero-order valence-corrected chi connectivity index (χ0v) is 11.5. The zero-order chi connectivity index (χ0) is 13.1. The molecule has 0 amide bonds. The first-order valence-electron chi connectivity index (χ1n) is 7.53. The van der Waals surface area contributed by atoms with Gasteiger partial charge in [0, 0.05) is 37.2 Å². The lowest BCUT2D eigenvalue weighted by Crippen LogP contribution is -2.41. The molecule has 2 N–H and O–H groups in total. The number of aliphatic hydroxyl groups excluding tert-OH is 1. The summed E-state index contributed by atoms with van der Waals surface area (Å²) in [7, 11) is 0. The van der Waals surface area contributed by atoms with Crippen molar-refractivity contribution in [2.75, 3.05) is 26.2 Å². The Morgan fingerprint density at radius 1 is 1.37 bits per heavy atom. The van der Waals surface area contributed by atoms with E-state index in [2.05, 4.69) is 16.3 Å². The number of hydrogen-bond donors (Lipinski definition) is 2. The number of aryl methyl sites for hydroxylation is 1. The molecule has 2 unspecified atom stereocenters. The van der Waals surface area contributed by atoms with E-state index in [1.807, 2.05) is 6.26 Å². The Bertz CT molecular complexity index is 399. The standard InChI is InChI=1S/C15H24N2O2/c18-9-8-17(11-12-3-2-7-16-12)14-4-1-5-15-13(14)6-10-19-15/h6,10,12,14,16,18H,1-5,7-9,11H2. The van der Waals surface area contributed by atoms with Gasteiger partial charge in [0.2, 0.25) is 0 Å². The van der Waals surface area contributed by atoms with Crippen molar-refractivity contribution >= 4 is 0 Å². The van der Waals surface area contributed by atoms with Gasteiger partial charge in [-0.1, -0.05) is 0 Å². The van der Waals surface area contributed by atoms with Crippen LogP contribution in [0.5, 0.6) is 0 Å². The van der Waals surface area contributed by atoms with Crippen molar-refractivity contribution in [3.8, 4) is 0 Å². The lowest BCUT2D eigenvalue weighted by Gasteiger charge is -2.35. The number of furan rings is 1. The number of nitrogens with one attached hydrogen (secondary N) is 1. The molecular formula is C15H24N2O2. The molecule has 2 atom stereocenters. The fourth-order valence-corrected chi connectivity index (χ4v) is 3.54. The summed E-state index contributed by atoms with van der Waals surface area (Å²) in [5, 5.41) is 12.9. The molecule has 1 aromatic heterocycles. The van der Waals surface area contributed by atoms with E-state index >= 15 is 0 Å². The van der Waals surface area contributed by atoms with Crippen LogP contribution in [0.15, 0.2) is 16.7 Å². The summed E-state index contributed by atoms with van der Waals surface area (Å²) in [6.07, 6.45) is 7.78. The van der Waals surface area contributed by atoms with Crippen LogP contribution in [0, 0.1) is 0 Å². The van der Waals surface area contributed by atoms with Gasteiger partial charge in [-0.05, 0) is 38.3 Å². The predicted molar refractivity (Wildman–Crippen MR) is 74.1 cm³/mol. The molecule has 0 spiro atoms. The topological polar surface area (TPSA) is 48.6 Å². The first kappa shape index (κ1) is 13.2. The van der Waals surface area contributed by atoms with E-state index < -0.39 is 0 Å². The quantitative estimate of drug-likeness (QED) is 0.850. The molecule has 1 aliphatic heterocycles. The molecule has 0 radical (unpaired) electrons. The Morgan fingerprint density at radius 2 is 2.32 bits per heavy atom. The van der Waals surface area contributed by atoms with Gasteiger partial charge in [-0.25, -0.2) is 0 Å². The van der Waals surface area contributed by atoms with E-state index in [9.17, 15) is 5.11 Å². The number of rotatable bonds is 5. The number of hydrogen-bond acceptors (Lipinski definition) is 4. The molecule has 106 valence electrons. The van der Waals surface area contributed by atoms with Crippen LogP contribution in [0.4, 0.5) is 0 Å². The third-order valence-electron chi connectivity index (χ3n) is 4.47. The van der Waals surface area contributed by atoms with Crippen LogP contribution in [0.3, 0.4) is 0 Å². The summed E-state index contributed by atoms with van der Waals surface area (Å²) in [4.78, 5) is 2.44. The maximum Gasteiger partial charge on any atom is 0.108 e. The molecule has 3 rings (SSSR count). The molecule has 1 aliphatic carbocycles. The van der Waals surface area contributed by atoms with Gasteiger partial charge in [-0.2, -0.15) is 0 Å². The van der Waals surface area contributed by atoms with Gasteiger partial charge in [0.15, 0.2) is 0 Å². The molecule has 0 bridgehead atoms. The summed E-state index contributed by atoms with van der Waals surface area (Å²) in [6.45, 7) is 3.17. The molecule has 1 aromatic rings. The Morgan fingerprint density at radius 3 is 3.11 bits per heavy atom. The van der Waals surface area contributed by atoms with Crippen LogP contribution in [-0.4, -0.2) is 42.3 Å². The second-order valence-electron chi connectivity index (χ2n) is 5.72. The highest BCUT2D eigenvalue weighted by molar-refractivity contribution is 5.24. The van der Waals surface area contributed by atoms with E-state index in [0.717, 1.165) is 31.8 Å². The minimum Gasteiger partial charge on any atom is -0.469 e. The lowest BCUT2D eigenvalue weighted by molar-refractivity contribution is 0.126. The fraction of sp³-hybridized carbons (Fsp3) is 0.733. The average Bonchev–Trinajstić information content (AvgIpc) is 3.08. The second kappa shape index (κ2) is 6.07. The highest BCUT2D eigenvalue weighted by Crippen LogP contribution is 2.35. The van der Waals surface area contributed by atoms with Crippen LogP contribution in [0.25, 0.3) is 0 Å². The minimum absolute atomic E-state index is 0.233. The van der Waals surface area contributed by atoms with Gasteiger partial charge < -0.3 is 14.8 Å². The summed E-state index contributed by atoms with van der Waals surface area (Å²) < 4.78 is 5.58. The highest BCUT2D eigenvalue weighted by atomic mass is 16.3.